The maximum Gasteiger partial charge on any atom is 0.229 e. The number of nitrogens with one attached hydrogen (secondary N) is 1. The SMILES string of the molecule is Cc1cc(C)c(Nc2nc(-c3ccccc3)cc(N3CCN(C)CC3)n2)c(C)c1. The van der Waals surface area contributed by atoms with Crippen molar-refractivity contribution in [3.8, 4) is 11.3 Å². The van der Waals surface area contributed by atoms with Crippen molar-refractivity contribution >= 4 is 17.5 Å². The summed E-state index contributed by atoms with van der Waals surface area (Å²) in [7, 11) is 2.17. The summed E-state index contributed by atoms with van der Waals surface area (Å²) in [4.78, 5) is 14.5. The van der Waals surface area contributed by atoms with Gasteiger partial charge in [-0.3, -0.25) is 0 Å². The average Bonchev–Trinajstić information content (AvgIpc) is 2.72. The van der Waals surface area contributed by atoms with E-state index in [2.05, 4.69) is 73.3 Å². The zero-order valence-corrected chi connectivity index (χ0v) is 17.7. The van der Waals surface area contributed by atoms with E-state index in [0.29, 0.717) is 5.95 Å². The Morgan fingerprint density at radius 2 is 1.48 bits per heavy atom. The van der Waals surface area contributed by atoms with Crippen LogP contribution in [0.2, 0.25) is 0 Å². The van der Waals surface area contributed by atoms with Crippen LogP contribution in [-0.2, 0) is 0 Å². The molecule has 0 bridgehead atoms. The van der Waals surface area contributed by atoms with Crippen LogP contribution < -0.4 is 10.2 Å². The summed E-state index contributed by atoms with van der Waals surface area (Å²) < 4.78 is 0. The standard InChI is InChI=1S/C24H29N5/c1-17-14-18(2)23(19(3)15-17)27-24-25-21(20-8-6-5-7-9-20)16-22(26-24)29-12-10-28(4)11-13-29/h5-9,14-16H,10-13H2,1-4H3,(H,25,26,27). The molecule has 1 N–H and O–H groups in total. The van der Waals surface area contributed by atoms with Gasteiger partial charge >= 0.3 is 0 Å². The summed E-state index contributed by atoms with van der Waals surface area (Å²) >= 11 is 0. The molecule has 0 aliphatic carbocycles. The average molecular weight is 388 g/mol. The molecule has 0 amide bonds. The molecule has 0 radical (unpaired) electrons. The number of piperazine rings is 1. The molecule has 0 spiro atoms. The molecule has 0 atom stereocenters. The molecule has 5 heteroatoms. The van der Waals surface area contributed by atoms with Gasteiger partial charge in [0, 0.05) is 43.5 Å². The minimum Gasteiger partial charge on any atom is -0.354 e. The molecule has 0 saturated carbocycles. The lowest BCUT2D eigenvalue weighted by Gasteiger charge is -2.33. The first-order chi connectivity index (χ1) is 14.0. The van der Waals surface area contributed by atoms with Crippen LogP contribution in [0.15, 0.2) is 48.5 Å². The molecule has 1 fully saturated rings. The maximum atomic E-state index is 4.89. The smallest absolute Gasteiger partial charge is 0.229 e. The highest BCUT2D eigenvalue weighted by molar-refractivity contribution is 5.69. The quantitative estimate of drug-likeness (QED) is 0.711. The molecule has 2 aromatic carbocycles. The normalized spacial score (nSPS) is 14.8. The molecule has 2 heterocycles. The number of benzene rings is 2. The molecule has 1 saturated heterocycles. The van der Waals surface area contributed by atoms with Crippen molar-refractivity contribution in [3.05, 3.63) is 65.2 Å². The summed E-state index contributed by atoms with van der Waals surface area (Å²) in [6.45, 7) is 10.4. The van der Waals surface area contributed by atoms with Gasteiger partial charge in [0.15, 0.2) is 0 Å². The fourth-order valence-electron chi connectivity index (χ4n) is 3.93. The summed E-state index contributed by atoms with van der Waals surface area (Å²) in [5, 5.41) is 3.51. The lowest BCUT2D eigenvalue weighted by atomic mass is 10.1. The van der Waals surface area contributed by atoms with Gasteiger partial charge in [0.1, 0.15) is 5.82 Å². The highest BCUT2D eigenvalue weighted by Gasteiger charge is 2.18. The Kier molecular flexibility index (Phi) is 5.49. The van der Waals surface area contributed by atoms with E-state index in [0.717, 1.165) is 48.9 Å². The molecule has 3 aromatic rings. The number of rotatable bonds is 4. The topological polar surface area (TPSA) is 44.3 Å². The number of nitrogens with zero attached hydrogens (tertiary/aromatic N) is 4. The Morgan fingerprint density at radius 1 is 0.828 bits per heavy atom. The largest absolute Gasteiger partial charge is 0.354 e. The molecular weight excluding hydrogens is 358 g/mol. The van der Waals surface area contributed by atoms with Crippen LogP contribution in [0.1, 0.15) is 16.7 Å². The van der Waals surface area contributed by atoms with Crippen LogP contribution in [0.5, 0.6) is 0 Å². The lowest BCUT2D eigenvalue weighted by Crippen LogP contribution is -2.44. The predicted octanol–water partition coefficient (Wildman–Crippen LogP) is 4.56. The van der Waals surface area contributed by atoms with E-state index >= 15 is 0 Å². The van der Waals surface area contributed by atoms with Crippen molar-refractivity contribution in [2.75, 3.05) is 43.4 Å². The van der Waals surface area contributed by atoms with Crippen molar-refractivity contribution in [2.24, 2.45) is 0 Å². The fourth-order valence-corrected chi connectivity index (χ4v) is 3.93. The third-order valence-corrected chi connectivity index (χ3v) is 5.52. The molecule has 150 valence electrons. The van der Waals surface area contributed by atoms with E-state index in [1.807, 2.05) is 18.2 Å². The van der Waals surface area contributed by atoms with E-state index in [4.69, 9.17) is 9.97 Å². The molecule has 1 aliphatic heterocycles. The zero-order valence-electron chi connectivity index (χ0n) is 17.7. The van der Waals surface area contributed by atoms with Gasteiger partial charge in [-0.2, -0.15) is 4.98 Å². The second kappa shape index (κ2) is 8.21. The summed E-state index contributed by atoms with van der Waals surface area (Å²) in [5.41, 5.74) is 6.81. The number of hydrogen-bond donors (Lipinski definition) is 1. The third-order valence-electron chi connectivity index (χ3n) is 5.52. The summed E-state index contributed by atoms with van der Waals surface area (Å²) in [6, 6.07) is 16.8. The van der Waals surface area contributed by atoms with Crippen molar-refractivity contribution in [3.63, 3.8) is 0 Å². The first-order valence-electron chi connectivity index (χ1n) is 10.2. The Morgan fingerprint density at radius 3 is 2.14 bits per heavy atom. The number of anilines is 3. The second-order valence-electron chi connectivity index (χ2n) is 7.99. The van der Waals surface area contributed by atoms with Gasteiger partial charge in [0.2, 0.25) is 5.95 Å². The highest BCUT2D eigenvalue weighted by Crippen LogP contribution is 2.28. The predicted molar refractivity (Wildman–Crippen MR) is 121 cm³/mol. The van der Waals surface area contributed by atoms with E-state index in [1.165, 1.54) is 16.7 Å². The van der Waals surface area contributed by atoms with Crippen LogP contribution in [0.3, 0.4) is 0 Å². The monoisotopic (exact) mass is 387 g/mol. The molecule has 5 nitrogen and oxygen atoms in total. The minimum atomic E-state index is 0.648. The Balaban J connectivity index is 1.74. The molecule has 0 unspecified atom stereocenters. The van der Waals surface area contributed by atoms with Gasteiger partial charge in [-0.1, -0.05) is 48.0 Å². The summed E-state index contributed by atoms with van der Waals surface area (Å²) in [5.74, 6) is 1.63. The zero-order chi connectivity index (χ0) is 20.4. The van der Waals surface area contributed by atoms with Crippen LogP contribution >= 0.6 is 0 Å². The lowest BCUT2D eigenvalue weighted by molar-refractivity contribution is 0.312. The van der Waals surface area contributed by atoms with Gasteiger partial charge < -0.3 is 15.1 Å². The highest BCUT2D eigenvalue weighted by atomic mass is 15.3. The molecule has 1 aromatic heterocycles. The number of aromatic nitrogens is 2. The number of hydrogen-bond acceptors (Lipinski definition) is 5. The van der Waals surface area contributed by atoms with E-state index in [9.17, 15) is 0 Å². The van der Waals surface area contributed by atoms with Crippen molar-refractivity contribution in [1.82, 2.24) is 14.9 Å². The van der Waals surface area contributed by atoms with Crippen LogP contribution in [0.4, 0.5) is 17.5 Å². The molecule has 29 heavy (non-hydrogen) atoms. The minimum absolute atomic E-state index is 0.648. The second-order valence-corrected chi connectivity index (χ2v) is 7.99. The van der Waals surface area contributed by atoms with Crippen molar-refractivity contribution < 1.29 is 0 Å². The molecular formula is C24H29N5. The van der Waals surface area contributed by atoms with Crippen LogP contribution in [0, 0.1) is 20.8 Å². The first kappa shape index (κ1) is 19.4. The van der Waals surface area contributed by atoms with Crippen molar-refractivity contribution in [1.29, 1.82) is 0 Å². The van der Waals surface area contributed by atoms with Crippen LogP contribution in [0.25, 0.3) is 11.3 Å². The van der Waals surface area contributed by atoms with Crippen LogP contribution in [-0.4, -0.2) is 48.1 Å². The number of aryl methyl sites for hydroxylation is 3. The van der Waals surface area contributed by atoms with Gasteiger partial charge in [0.25, 0.3) is 0 Å². The van der Waals surface area contributed by atoms with Crippen molar-refractivity contribution in [2.45, 2.75) is 20.8 Å². The van der Waals surface area contributed by atoms with E-state index < -0.39 is 0 Å². The summed E-state index contributed by atoms with van der Waals surface area (Å²) in [6.07, 6.45) is 0. The van der Waals surface area contributed by atoms with Gasteiger partial charge in [0.05, 0.1) is 5.69 Å². The van der Waals surface area contributed by atoms with E-state index in [-0.39, 0.29) is 0 Å². The maximum absolute atomic E-state index is 4.89. The fraction of sp³-hybridized carbons (Fsp3) is 0.333. The first-order valence-corrected chi connectivity index (χ1v) is 10.2. The van der Waals surface area contributed by atoms with E-state index in [1.54, 1.807) is 0 Å². The Bertz CT molecular complexity index is 968. The third kappa shape index (κ3) is 4.40. The number of likely N-dealkylation sites (N-methyl/N-ethyl adjacent to an activating group) is 1. The Hall–Kier alpha value is -2.92. The van der Waals surface area contributed by atoms with Gasteiger partial charge in [-0.25, -0.2) is 4.98 Å². The van der Waals surface area contributed by atoms with Gasteiger partial charge in [-0.15, -0.1) is 0 Å². The Labute approximate surface area is 173 Å². The molecule has 1 aliphatic rings. The van der Waals surface area contributed by atoms with Gasteiger partial charge in [-0.05, 0) is 38.9 Å². The molecule has 4 rings (SSSR count).